The van der Waals surface area contributed by atoms with Gasteiger partial charge < -0.3 is 15.0 Å². The summed E-state index contributed by atoms with van der Waals surface area (Å²) in [4.78, 5) is 22.7. The summed E-state index contributed by atoms with van der Waals surface area (Å²) < 4.78 is 1.69. The molecule has 1 heterocycles. The monoisotopic (exact) mass is 279 g/mol. The number of carbonyl (C=O) groups excluding carboxylic acids is 1. The SMILES string of the molecule is O=C(NC1(CO)CCC1)c1cc([N+](=O)[O-])cn1C1CC1. The van der Waals surface area contributed by atoms with E-state index in [1.807, 2.05) is 0 Å². The van der Waals surface area contributed by atoms with Crippen LogP contribution in [0.1, 0.15) is 48.6 Å². The fraction of sp³-hybridized carbons (Fsp3) is 0.615. The molecule has 0 radical (unpaired) electrons. The Labute approximate surface area is 115 Å². The maximum absolute atomic E-state index is 12.3. The topological polar surface area (TPSA) is 97.4 Å². The van der Waals surface area contributed by atoms with E-state index >= 15 is 0 Å². The maximum Gasteiger partial charge on any atom is 0.287 e. The van der Waals surface area contributed by atoms with Crippen molar-refractivity contribution in [2.24, 2.45) is 0 Å². The number of nitrogens with zero attached hydrogens (tertiary/aromatic N) is 2. The number of amides is 1. The van der Waals surface area contributed by atoms with Crippen molar-refractivity contribution in [3.05, 3.63) is 28.1 Å². The first-order chi connectivity index (χ1) is 9.54. The summed E-state index contributed by atoms with van der Waals surface area (Å²) in [6.07, 6.45) is 5.79. The highest BCUT2D eigenvalue weighted by atomic mass is 16.6. The predicted molar refractivity (Wildman–Crippen MR) is 70.5 cm³/mol. The van der Waals surface area contributed by atoms with Gasteiger partial charge in [-0.3, -0.25) is 14.9 Å². The lowest BCUT2D eigenvalue weighted by molar-refractivity contribution is -0.384. The first kappa shape index (κ1) is 13.1. The fourth-order valence-corrected chi connectivity index (χ4v) is 2.63. The Hall–Kier alpha value is -1.89. The molecule has 1 amide bonds. The molecule has 108 valence electrons. The summed E-state index contributed by atoms with van der Waals surface area (Å²) >= 11 is 0. The van der Waals surface area contributed by atoms with Crippen LogP contribution in [0, 0.1) is 10.1 Å². The summed E-state index contributed by atoms with van der Waals surface area (Å²) in [6.45, 7) is -0.0923. The highest BCUT2D eigenvalue weighted by Gasteiger charge is 2.39. The van der Waals surface area contributed by atoms with Crippen LogP contribution in [-0.4, -0.2) is 32.6 Å². The van der Waals surface area contributed by atoms with Crippen molar-refractivity contribution >= 4 is 11.6 Å². The molecule has 3 rings (SSSR count). The van der Waals surface area contributed by atoms with Crippen LogP contribution in [0.5, 0.6) is 0 Å². The lowest BCUT2D eigenvalue weighted by Crippen LogP contribution is -2.56. The molecule has 7 nitrogen and oxygen atoms in total. The average Bonchev–Trinajstić information content (AvgIpc) is 3.12. The van der Waals surface area contributed by atoms with Gasteiger partial charge in [-0.2, -0.15) is 0 Å². The molecule has 2 aliphatic rings. The predicted octanol–water partition coefficient (Wildman–Crippen LogP) is 1.38. The van der Waals surface area contributed by atoms with Gasteiger partial charge in [0.05, 0.1) is 23.3 Å². The van der Waals surface area contributed by atoms with Crippen LogP contribution in [-0.2, 0) is 0 Å². The van der Waals surface area contributed by atoms with E-state index < -0.39 is 10.5 Å². The molecular weight excluding hydrogens is 262 g/mol. The van der Waals surface area contributed by atoms with Gasteiger partial charge in [0.15, 0.2) is 0 Å². The van der Waals surface area contributed by atoms with Gasteiger partial charge in [-0.25, -0.2) is 0 Å². The highest BCUT2D eigenvalue weighted by Crippen LogP contribution is 2.38. The van der Waals surface area contributed by atoms with E-state index in [1.54, 1.807) is 4.57 Å². The van der Waals surface area contributed by atoms with Crippen LogP contribution in [0.4, 0.5) is 5.69 Å². The third-order valence-electron chi connectivity index (χ3n) is 4.21. The Kier molecular flexibility index (Phi) is 3.01. The van der Waals surface area contributed by atoms with Crippen LogP contribution >= 0.6 is 0 Å². The standard InChI is InChI=1S/C13H17N3O4/c17-8-13(4-1-5-13)14-12(18)11-6-10(16(19)20)7-15(11)9-2-3-9/h6-7,9,17H,1-5,8H2,(H,14,18). The van der Waals surface area contributed by atoms with Crippen LogP contribution in [0.25, 0.3) is 0 Å². The fourth-order valence-electron chi connectivity index (χ4n) is 2.63. The molecule has 0 aromatic carbocycles. The summed E-state index contributed by atoms with van der Waals surface area (Å²) in [5, 5.41) is 23.1. The Morgan fingerprint density at radius 1 is 1.55 bits per heavy atom. The Morgan fingerprint density at radius 2 is 2.25 bits per heavy atom. The van der Waals surface area contributed by atoms with Gasteiger partial charge in [-0.05, 0) is 32.1 Å². The second-order valence-electron chi connectivity index (χ2n) is 5.73. The molecule has 2 fully saturated rings. The van der Waals surface area contributed by atoms with Crippen molar-refractivity contribution in [1.82, 2.24) is 9.88 Å². The second kappa shape index (κ2) is 4.59. The third kappa shape index (κ3) is 2.18. The molecule has 0 spiro atoms. The number of aliphatic hydroxyl groups is 1. The van der Waals surface area contributed by atoms with Crippen molar-refractivity contribution < 1.29 is 14.8 Å². The second-order valence-corrected chi connectivity index (χ2v) is 5.73. The molecule has 0 unspecified atom stereocenters. The van der Waals surface area contributed by atoms with Crippen molar-refractivity contribution in [3.8, 4) is 0 Å². The van der Waals surface area contributed by atoms with E-state index in [1.165, 1.54) is 12.3 Å². The van der Waals surface area contributed by atoms with Gasteiger partial charge in [0.2, 0.25) is 0 Å². The van der Waals surface area contributed by atoms with Crippen LogP contribution in [0.3, 0.4) is 0 Å². The van der Waals surface area contributed by atoms with Gasteiger partial charge in [0, 0.05) is 12.1 Å². The third-order valence-corrected chi connectivity index (χ3v) is 4.21. The zero-order chi connectivity index (χ0) is 14.3. The summed E-state index contributed by atoms with van der Waals surface area (Å²) in [5.74, 6) is -0.334. The number of carbonyl (C=O) groups is 1. The molecule has 2 saturated carbocycles. The van der Waals surface area contributed by atoms with E-state index in [0.29, 0.717) is 5.69 Å². The van der Waals surface area contributed by atoms with E-state index in [-0.39, 0.29) is 24.2 Å². The van der Waals surface area contributed by atoms with Crippen molar-refractivity contribution in [2.45, 2.75) is 43.7 Å². The smallest absolute Gasteiger partial charge is 0.287 e. The normalized spacial score (nSPS) is 20.2. The summed E-state index contributed by atoms with van der Waals surface area (Å²) in [5.41, 5.74) is -0.280. The van der Waals surface area contributed by atoms with Gasteiger partial charge in [0.25, 0.3) is 11.6 Å². The molecular formula is C13H17N3O4. The Balaban J connectivity index is 1.84. The number of nitro groups is 1. The molecule has 0 aliphatic heterocycles. The van der Waals surface area contributed by atoms with E-state index in [2.05, 4.69) is 5.32 Å². The van der Waals surface area contributed by atoms with E-state index in [9.17, 15) is 20.0 Å². The molecule has 0 atom stereocenters. The minimum Gasteiger partial charge on any atom is -0.394 e. The molecule has 7 heteroatoms. The molecule has 2 aliphatic carbocycles. The largest absolute Gasteiger partial charge is 0.394 e. The number of aliphatic hydroxyl groups excluding tert-OH is 1. The average molecular weight is 279 g/mol. The first-order valence-corrected chi connectivity index (χ1v) is 6.84. The molecule has 0 bridgehead atoms. The van der Waals surface area contributed by atoms with Gasteiger partial charge >= 0.3 is 0 Å². The van der Waals surface area contributed by atoms with E-state index in [4.69, 9.17) is 0 Å². The quantitative estimate of drug-likeness (QED) is 0.628. The van der Waals surface area contributed by atoms with Crippen LogP contribution in [0.15, 0.2) is 12.3 Å². The molecule has 20 heavy (non-hydrogen) atoms. The number of nitrogens with one attached hydrogen (secondary N) is 1. The summed E-state index contributed by atoms with van der Waals surface area (Å²) in [7, 11) is 0. The number of hydrogen-bond acceptors (Lipinski definition) is 4. The minimum atomic E-state index is -0.537. The highest BCUT2D eigenvalue weighted by molar-refractivity contribution is 5.94. The lowest BCUT2D eigenvalue weighted by atomic mass is 9.77. The Morgan fingerprint density at radius 3 is 2.70 bits per heavy atom. The number of rotatable bonds is 5. The lowest BCUT2D eigenvalue weighted by Gasteiger charge is -2.40. The number of aromatic nitrogens is 1. The molecule has 1 aromatic rings. The van der Waals surface area contributed by atoms with E-state index in [0.717, 1.165) is 32.1 Å². The molecule has 2 N–H and O–H groups in total. The minimum absolute atomic E-state index is 0.0614. The van der Waals surface area contributed by atoms with Gasteiger partial charge in [-0.15, -0.1) is 0 Å². The molecule has 0 saturated heterocycles. The molecule has 1 aromatic heterocycles. The van der Waals surface area contributed by atoms with Crippen molar-refractivity contribution in [2.75, 3.05) is 6.61 Å². The first-order valence-electron chi connectivity index (χ1n) is 6.84. The summed E-state index contributed by atoms with van der Waals surface area (Å²) in [6, 6.07) is 1.51. The van der Waals surface area contributed by atoms with Crippen molar-refractivity contribution in [1.29, 1.82) is 0 Å². The van der Waals surface area contributed by atoms with Crippen LogP contribution < -0.4 is 5.32 Å². The van der Waals surface area contributed by atoms with Gasteiger partial charge in [0.1, 0.15) is 5.69 Å². The maximum atomic E-state index is 12.3. The zero-order valence-corrected chi connectivity index (χ0v) is 11.0. The van der Waals surface area contributed by atoms with Gasteiger partial charge in [-0.1, -0.05) is 0 Å². The van der Waals surface area contributed by atoms with Crippen molar-refractivity contribution in [3.63, 3.8) is 0 Å². The Bertz CT molecular complexity index is 552. The zero-order valence-electron chi connectivity index (χ0n) is 11.0. The van der Waals surface area contributed by atoms with Crippen LogP contribution in [0.2, 0.25) is 0 Å². The number of hydrogen-bond donors (Lipinski definition) is 2.